The summed E-state index contributed by atoms with van der Waals surface area (Å²) in [5.41, 5.74) is 2.57. The highest BCUT2D eigenvalue weighted by Crippen LogP contribution is 2.28. The van der Waals surface area contributed by atoms with Crippen LogP contribution in [0.25, 0.3) is 22.6 Å². The summed E-state index contributed by atoms with van der Waals surface area (Å²) < 4.78 is 10.8. The van der Waals surface area contributed by atoms with Crippen LogP contribution in [0.4, 0.5) is 0 Å². The average molecular weight is 424 g/mol. The first-order valence-electron chi connectivity index (χ1n) is 9.60. The quantitative estimate of drug-likeness (QED) is 0.505. The third kappa shape index (κ3) is 3.26. The predicted molar refractivity (Wildman–Crippen MR) is 113 cm³/mol. The first kappa shape index (κ1) is 18.8. The number of nitrogens with zero attached hydrogens (tertiary/aromatic N) is 2. The fourth-order valence-corrected chi connectivity index (χ4v) is 4.11. The molecule has 0 saturated carbocycles. The van der Waals surface area contributed by atoms with Gasteiger partial charge in [0.05, 0.1) is 28.1 Å². The smallest absolute Gasteiger partial charge is 0.342 e. The Kier molecular flexibility index (Phi) is 4.56. The van der Waals surface area contributed by atoms with Crippen LogP contribution in [0, 0.1) is 6.92 Å². The summed E-state index contributed by atoms with van der Waals surface area (Å²) in [4.78, 5) is 34.5. The standard InChI is InChI=1S/C22H18ClN3O4/c1-12-4-5-17-13(9-12)19(23)15(22(28)30-17)11-26-7-6-16-14(10-26)21(27)25-20(24-16)18-3-2-8-29-18/h2-5,8-9H,6-7,10-11H2,1H3,(H,24,25,27). The van der Waals surface area contributed by atoms with E-state index in [1.54, 1.807) is 18.2 Å². The number of hydrogen-bond donors (Lipinski definition) is 1. The Labute approximate surface area is 175 Å². The minimum absolute atomic E-state index is 0.205. The fraction of sp³-hybridized carbons (Fsp3) is 0.227. The molecule has 0 bridgehead atoms. The van der Waals surface area contributed by atoms with Crippen molar-refractivity contribution in [1.82, 2.24) is 14.9 Å². The highest BCUT2D eigenvalue weighted by Gasteiger charge is 2.24. The molecule has 0 unspecified atom stereocenters. The minimum Gasteiger partial charge on any atom is -0.461 e. The Morgan fingerprint density at radius 3 is 2.93 bits per heavy atom. The molecular formula is C22H18ClN3O4. The maximum absolute atomic E-state index is 12.7. The van der Waals surface area contributed by atoms with E-state index in [1.165, 1.54) is 6.26 Å². The minimum atomic E-state index is -0.456. The summed E-state index contributed by atoms with van der Waals surface area (Å²) in [6, 6.07) is 9.03. The predicted octanol–water partition coefficient (Wildman–Crippen LogP) is 3.66. The molecule has 8 heteroatoms. The average Bonchev–Trinajstić information content (AvgIpc) is 3.27. The SMILES string of the molecule is Cc1ccc2oc(=O)c(CN3CCc4nc(-c5ccco5)[nH]c(=O)c4C3)c(Cl)c2c1. The van der Waals surface area contributed by atoms with Gasteiger partial charge in [0.15, 0.2) is 11.6 Å². The summed E-state index contributed by atoms with van der Waals surface area (Å²) in [6.45, 7) is 3.27. The Balaban J connectivity index is 1.46. The lowest BCUT2D eigenvalue weighted by Crippen LogP contribution is -2.36. The maximum atomic E-state index is 12.7. The molecule has 1 N–H and O–H groups in total. The summed E-state index contributed by atoms with van der Waals surface area (Å²) >= 11 is 6.57. The summed E-state index contributed by atoms with van der Waals surface area (Å²) in [5, 5.41) is 1.11. The van der Waals surface area contributed by atoms with Gasteiger partial charge in [-0.15, -0.1) is 0 Å². The maximum Gasteiger partial charge on any atom is 0.342 e. The number of aromatic amines is 1. The number of aromatic nitrogens is 2. The number of benzene rings is 1. The first-order valence-corrected chi connectivity index (χ1v) is 9.97. The van der Waals surface area contributed by atoms with Crippen LogP contribution in [0.2, 0.25) is 5.02 Å². The van der Waals surface area contributed by atoms with Gasteiger partial charge in [-0.05, 0) is 31.2 Å². The van der Waals surface area contributed by atoms with E-state index in [2.05, 4.69) is 9.97 Å². The van der Waals surface area contributed by atoms with Gasteiger partial charge >= 0.3 is 5.63 Å². The third-order valence-electron chi connectivity index (χ3n) is 5.37. The highest BCUT2D eigenvalue weighted by molar-refractivity contribution is 6.36. The lowest BCUT2D eigenvalue weighted by atomic mass is 10.1. The number of H-pyrrole nitrogens is 1. The van der Waals surface area contributed by atoms with Crippen molar-refractivity contribution in [2.24, 2.45) is 0 Å². The van der Waals surface area contributed by atoms with Crippen LogP contribution in [0.15, 0.2) is 55.0 Å². The third-order valence-corrected chi connectivity index (χ3v) is 5.80. The second-order valence-corrected chi connectivity index (χ2v) is 7.84. The molecule has 0 fully saturated rings. The van der Waals surface area contributed by atoms with Crippen molar-refractivity contribution in [3.8, 4) is 11.6 Å². The highest BCUT2D eigenvalue weighted by atomic mass is 35.5. The molecule has 0 spiro atoms. The van der Waals surface area contributed by atoms with Crippen molar-refractivity contribution in [3.05, 3.63) is 84.8 Å². The number of fused-ring (bicyclic) bond motifs is 2. The second kappa shape index (κ2) is 7.27. The zero-order chi connectivity index (χ0) is 20.8. The lowest BCUT2D eigenvalue weighted by Gasteiger charge is -2.27. The van der Waals surface area contributed by atoms with Gasteiger partial charge in [0.1, 0.15) is 5.58 Å². The second-order valence-electron chi connectivity index (χ2n) is 7.46. The van der Waals surface area contributed by atoms with Crippen molar-refractivity contribution in [3.63, 3.8) is 0 Å². The summed E-state index contributed by atoms with van der Waals surface area (Å²) in [7, 11) is 0. The Bertz CT molecular complexity index is 1370. The normalized spacial score (nSPS) is 14.2. The molecule has 0 atom stereocenters. The molecule has 0 amide bonds. The molecule has 7 nitrogen and oxygen atoms in total. The lowest BCUT2D eigenvalue weighted by molar-refractivity contribution is 0.239. The largest absolute Gasteiger partial charge is 0.461 e. The van der Waals surface area contributed by atoms with E-state index < -0.39 is 5.63 Å². The first-order chi connectivity index (χ1) is 14.5. The van der Waals surface area contributed by atoms with Gasteiger partial charge in [0.2, 0.25) is 0 Å². The Morgan fingerprint density at radius 1 is 1.27 bits per heavy atom. The van der Waals surface area contributed by atoms with Gasteiger partial charge in [0, 0.05) is 31.4 Å². The van der Waals surface area contributed by atoms with E-state index in [0.29, 0.717) is 64.8 Å². The number of aryl methyl sites for hydroxylation is 1. The molecule has 0 aliphatic carbocycles. The van der Waals surface area contributed by atoms with Gasteiger partial charge in [-0.3, -0.25) is 9.69 Å². The van der Waals surface area contributed by atoms with Crippen molar-refractivity contribution in [2.75, 3.05) is 6.54 Å². The number of hydrogen-bond acceptors (Lipinski definition) is 6. The molecule has 4 aromatic rings. The van der Waals surface area contributed by atoms with Crippen LogP contribution in [0.1, 0.15) is 22.4 Å². The summed E-state index contributed by atoms with van der Waals surface area (Å²) in [5.74, 6) is 0.943. The molecular weight excluding hydrogens is 406 g/mol. The van der Waals surface area contributed by atoms with Crippen molar-refractivity contribution < 1.29 is 8.83 Å². The van der Waals surface area contributed by atoms with Gasteiger partial charge in [-0.1, -0.05) is 23.2 Å². The van der Waals surface area contributed by atoms with Gasteiger partial charge in [0.25, 0.3) is 5.56 Å². The van der Waals surface area contributed by atoms with E-state index in [-0.39, 0.29) is 5.56 Å². The molecule has 1 aliphatic heterocycles. The fourth-order valence-electron chi connectivity index (χ4n) is 3.82. The van der Waals surface area contributed by atoms with E-state index in [0.717, 1.165) is 11.3 Å². The number of rotatable bonds is 3. The van der Waals surface area contributed by atoms with Crippen molar-refractivity contribution in [2.45, 2.75) is 26.4 Å². The van der Waals surface area contributed by atoms with Gasteiger partial charge in [-0.25, -0.2) is 9.78 Å². The van der Waals surface area contributed by atoms with Crippen LogP contribution in [0.5, 0.6) is 0 Å². The zero-order valence-corrected chi connectivity index (χ0v) is 17.0. The van der Waals surface area contributed by atoms with E-state index in [4.69, 9.17) is 20.4 Å². The van der Waals surface area contributed by atoms with Crippen LogP contribution >= 0.6 is 11.6 Å². The van der Waals surface area contributed by atoms with Gasteiger partial charge < -0.3 is 13.8 Å². The monoisotopic (exact) mass is 423 g/mol. The van der Waals surface area contributed by atoms with Crippen molar-refractivity contribution >= 4 is 22.6 Å². The molecule has 3 aromatic heterocycles. The Morgan fingerprint density at radius 2 is 2.13 bits per heavy atom. The molecule has 4 heterocycles. The van der Waals surface area contributed by atoms with Crippen LogP contribution < -0.4 is 11.2 Å². The van der Waals surface area contributed by atoms with E-state index >= 15 is 0 Å². The topological polar surface area (TPSA) is 92.3 Å². The molecule has 30 heavy (non-hydrogen) atoms. The van der Waals surface area contributed by atoms with Crippen LogP contribution in [0.3, 0.4) is 0 Å². The van der Waals surface area contributed by atoms with Crippen molar-refractivity contribution in [1.29, 1.82) is 0 Å². The molecule has 152 valence electrons. The molecule has 0 radical (unpaired) electrons. The number of nitrogens with one attached hydrogen (secondary N) is 1. The molecule has 1 aliphatic rings. The molecule has 5 rings (SSSR count). The molecule has 1 aromatic carbocycles. The van der Waals surface area contributed by atoms with Crippen LogP contribution in [-0.4, -0.2) is 21.4 Å². The number of furan rings is 1. The zero-order valence-electron chi connectivity index (χ0n) is 16.2. The summed E-state index contributed by atoms with van der Waals surface area (Å²) in [6.07, 6.45) is 2.12. The Hall–Kier alpha value is -3.16. The van der Waals surface area contributed by atoms with E-state index in [9.17, 15) is 9.59 Å². The van der Waals surface area contributed by atoms with Gasteiger partial charge in [-0.2, -0.15) is 0 Å². The van der Waals surface area contributed by atoms with E-state index in [1.807, 2.05) is 24.0 Å². The molecule has 0 saturated heterocycles. The number of halogens is 1. The van der Waals surface area contributed by atoms with Crippen LogP contribution in [-0.2, 0) is 19.5 Å².